The quantitative estimate of drug-likeness (QED) is 0.411. The first kappa shape index (κ1) is 15.8. The molecule has 0 aliphatic heterocycles. The summed E-state index contributed by atoms with van der Waals surface area (Å²) < 4.78 is 8.53. The summed E-state index contributed by atoms with van der Waals surface area (Å²) in [6.45, 7) is 2.30. The molecule has 0 aromatic heterocycles. The number of ether oxygens (including phenoxy) is 1. The molecule has 3 unspecified atom stereocenters. The van der Waals surface area contributed by atoms with Gasteiger partial charge in [-0.2, -0.15) is 0 Å². The molecule has 0 bridgehead atoms. The van der Waals surface area contributed by atoms with Crippen molar-refractivity contribution in [3.05, 3.63) is 34.3 Å². The molecule has 0 heterocycles. The van der Waals surface area contributed by atoms with E-state index in [1.807, 2.05) is 0 Å². The van der Waals surface area contributed by atoms with Crippen molar-refractivity contribution in [2.75, 3.05) is 4.43 Å². The van der Waals surface area contributed by atoms with Crippen molar-refractivity contribution >= 4 is 38.5 Å². The van der Waals surface area contributed by atoms with Crippen LogP contribution in [0.2, 0.25) is 0 Å². The van der Waals surface area contributed by atoms with Crippen LogP contribution in [-0.2, 0) is 4.74 Å². The lowest BCUT2D eigenvalue weighted by molar-refractivity contribution is -0.0305. The Hall–Kier alpha value is 0.390. The van der Waals surface area contributed by atoms with E-state index >= 15 is 0 Å². The van der Waals surface area contributed by atoms with Gasteiger partial charge in [0.1, 0.15) is 0 Å². The third-order valence-electron chi connectivity index (χ3n) is 4.05. The van der Waals surface area contributed by atoms with Gasteiger partial charge in [0.05, 0.1) is 12.2 Å². The molecule has 0 N–H and O–H groups in total. The summed E-state index contributed by atoms with van der Waals surface area (Å²) in [5, 5.41) is 0. The van der Waals surface area contributed by atoms with Crippen molar-refractivity contribution in [1.82, 2.24) is 0 Å². The van der Waals surface area contributed by atoms with Crippen LogP contribution in [0.25, 0.3) is 0 Å². The summed E-state index contributed by atoms with van der Waals surface area (Å²) >= 11 is 5.93. The van der Waals surface area contributed by atoms with Gasteiger partial charge in [0.15, 0.2) is 0 Å². The zero-order valence-electron chi connectivity index (χ0n) is 11.4. The van der Waals surface area contributed by atoms with Gasteiger partial charge in [-0.25, -0.2) is 0 Å². The van der Waals surface area contributed by atoms with Crippen LogP contribution in [0, 0.1) is 5.92 Å². The first-order chi connectivity index (χ1) is 9.22. The van der Waals surface area contributed by atoms with Gasteiger partial charge < -0.3 is 4.74 Å². The molecule has 1 nitrogen and oxygen atoms in total. The molecular weight excluding hydrogens is 415 g/mol. The fraction of sp³-hybridized carbons (Fsp3) is 0.625. The minimum atomic E-state index is 0.245. The van der Waals surface area contributed by atoms with Crippen molar-refractivity contribution in [3.8, 4) is 0 Å². The lowest BCUT2D eigenvalue weighted by atomic mass is 9.85. The van der Waals surface area contributed by atoms with E-state index in [2.05, 4.69) is 69.7 Å². The number of halogens is 2. The minimum absolute atomic E-state index is 0.245. The Labute approximate surface area is 138 Å². The van der Waals surface area contributed by atoms with Crippen molar-refractivity contribution in [2.24, 2.45) is 5.92 Å². The van der Waals surface area contributed by atoms with E-state index in [4.69, 9.17) is 4.74 Å². The second kappa shape index (κ2) is 7.99. The molecule has 2 rings (SSSR count). The van der Waals surface area contributed by atoms with E-state index in [9.17, 15) is 0 Å². The molecule has 3 heteroatoms. The van der Waals surface area contributed by atoms with Gasteiger partial charge in [0, 0.05) is 8.90 Å². The second-order valence-electron chi connectivity index (χ2n) is 5.39. The molecular formula is C16H22BrIO. The van der Waals surface area contributed by atoms with Crippen LogP contribution in [0.3, 0.4) is 0 Å². The Kier molecular flexibility index (Phi) is 6.63. The van der Waals surface area contributed by atoms with E-state index in [1.165, 1.54) is 37.7 Å². The molecule has 1 aliphatic rings. The molecule has 19 heavy (non-hydrogen) atoms. The van der Waals surface area contributed by atoms with Gasteiger partial charge >= 0.3 is 0 Å². The molecule has 0 radical (unpaired) electrons. The first-order valence-corrected chi connectivity index (χ1v) is 9.51. The largest absolute Gasteiger partial charge is 0.369 e. The Morgan fingerprint density at radius 1 is 1.32 bits per heavy atom. The standard InChI is InChI=1S/C16H22BrIO/c1-2-12-4-3-5-15(10-12)19-16(11-18)13-6-8-14(17)9-7-13/h6-9,12,15-16H,2-5,10-11H2,1H3. The number of rotatable bonds is 5. The highest BCUT2D eigenvalue weighted by Gasteiger charge is 2.24. The monoisotopic (exact) mass is 436 g/mol. The SMILES string of the molecule is CCC1CCCC(OC(CI)c2ccc(Br)cc2)C1. The molecule has 1 aliphatic carbocycles. The van der Waals surface area contributed by atoms with E-state index in [0.29, 0.717) is 6.10 Å². The second-order valence-corrected chi connectivity index (χ2v) is 7.19. The third-order valence-corrected chi connectivity index (χ3v) is 5.38. The van der Waals surface area contributed by atoms with Crippen LogP contribution in [0.15, 0.2) is 28.7 Å². The van der Waals surface area contributed by atoms with Crippen LogP contribution in [0.5, 0.6) is 0 Å². The predicted molar refractivity (Wildman–Crippen MR) is 92.9 cm³/mol. The highest BCUT2D eigenvalue weighted by molar-refractivity contribution is 14.1. The molecule has 106 valence electrons. The van der Waals surface area contributed by atoms with Crippen LogP contribution in [-0.4, -0.2) is 10.5 Å². The maximum absolute atomic E-state index is 6.38. The maximum Gasteiger partial charge on any atom is 0.0918 e. The van der Waals surface area contributed by atoms with Crippen molar-refractivity contribution in [2.45, 2.75) is 51.2 Å². The van der Waals surface area contributed by atoms with E-state index < -0.39 is 0 Å². The molecule has 1 saturated carbocycles. The van der Waals surface area contributed by atoms with Gasteiger partial charge in [0.2, 0.25) is 0 Å². The summed E-state index contributed by atoms with van der Waals surface area (Å²) in [6.07, 6.45) is 7.21. The minimum Gasteiger partial charge on any atom is -0.369 e. The summed E-state index contributed by atoms with van der Waals surface area (Å²) in [5.74, 6) is 0.874. The van der Waals surface area contributed by atoms with Crippen LogP contribution >= 0.6 is 38.5 Å². The van der Waals surface area contributed by atoms with Gasteiger partial charge in [-0.1, -0.05) is 76.8 Å². The van der Waals surface area contributed by atoms with Crippen molar-refractivity contribution < 1.29 is 4.74 Å². The summed E-state index contributed by atoms with van der Waals surface area (Å²) in [4.78, 5) is 0. The lowest BCUT2D eigenvalue weighted by Gasteiger charge is -2.31. The maximum atomic E-state index is 6.38. The Balaban J connectivity index is 1.96. The van der Waals surface area contributed by atoms with E-state index in [-0.39, 0.29) is 6.10 Å². The molecule has 1 fully saturated rings. The Morgan fingerprint density at radius 2 is 2.05 bits per heavy atom. The molecule has 1 aromatic carbocycles. The van der Waals surface area contributed by atoms with E-state index in [0.717, 1.165) is 14.8 Å². The van der Waals surface area contributed by atoms with Crippen molar-refractivity contribution in [1.29, 1.82) is 0 Å². The van der Waals surface area contributed by atoms with Gasteiger partial charge in [0.25, 0.3) is 0 Å². The number of hydrogen-bond acceptors (Lipinski definition) is 1. The summed E-state index contributed by atoms with van der Waals surface area (Å²) in [5.41, 5.74) is 1.30. The zero-order chi connectivity index (χ0) is 13.7. The summed E-state index contributed by atoms with van der Waals surface area (Å²) in [6, 6.07) is 8.56. The fourth-order valence-electron chi connectivity index (χ4n) is 2.85. The lowest BCUT2D eigenvalue weighted by Crippen LogP contribution is -2.25. The summed E-state index contributed by atoms with van der Waals surface area (Å²) in [7, 11) is 0. The highest BCUT2D eigenvalue weighted by Crippen LogP contribution is 2.32. The average molecular weight is 437 g/mol. The van der Waals surface area contributed by atoms with E-state index in [1.54, 1.807) is 0 Å². The highest BCUT2D eigenvalue weighted by atomic mass is 127. The molecule has 0 saturated heterocycles. The van der Waals surface area contributed by atoms with Gasteiger partial charge in [-0.3, -0.25) is 0 Å². The predicted octanol–water partition coefficient (Wildman–Crippen LogP) is 5.91. The van der Waals surface area contributed by atoms with Crippen LogP contribution in [0.1, 0.15) is 50.7 Å². The Bertz CT molecular complexity index is 379. The van der Waals surface area contributed by atoms with Crippen LogP contribution in [0.4, 0.5) is 0 Å². The molecule has 0 spiro atoms. The normalized spacial score (nSPS) is 25.2. The number of alkyl halides is 1. The third kappa shape index (κ3) is 4.71. The number of hydrogen-bond donors (Lipinski definition) is 0. The smallest absolute Gasteiger partial charge is 0.0918 e. The van der Waals surface area contributed by atoms with Crippen LogP contribution < -0.4 is 0 Å². The average Bonchev–Trinajstić information content (AvgIpc) is 2.46. The molecule has 0 amide bonds. The zero-order valence-corrected chi connectivity index (χ0v) is 15.2. The van der Waals surface area contributed by atoms with Gasteiger partial charge in [-0.15, -0.1) is 0 Å². The Morgan fingerprint density at radius 3 is 2.68 bits per heavy atom. The molecule has 3 atom stereocenters. The fourth-order valence-corrected chi connectivity index (χ4v) is 3.83. The van der Waals surface area contributed by atoms with Crippen molar-refractivity contribution in [3.63, 3.8) is 0 Å². The molecule has 1 aromatic rings. The first-order valence-electron chi connectivity index (χ1n) is 7.19. The topological polar surface area (TPSA) is 9.23 Å². The van der Waals surface area contributed by atoms with Gasteiger partial charge in [-0.05, 0) is 36.5 Å². The number of benzene rings is 1.